The molecule has 1 rings (SSSR count). The number of hydrogen-bond acceptors (Lipinski definition) is 2. The predicted octanol–water partition coefficient (Wildman–Crippen LogP) is 3.70. The average Bonchev–Trinajstić information content (AvgIpc) is 2.43. The van der Waals surface area contributed by atoms with Crippen molar-refractivity contribution in [3.8, 4) is 0 Å². The maximum absolute atomic E-state index is 11.5. The number of rotatable bonds is 10. The molecule has 0 heterocycles. The molecule has 0 saturated carbocycles. The van der Waals surface area contributed by atoms with Gasteiger partial charge < -0.3 is 10.1 Å². The molecule has 112 valence electrons. The molecule has 4 heteroatoms. The van der Waals surface area contributed by atoms with Crippen LogP contribution in [0.25, 0.3) is 0 Å². The predicted molar refractivity (Wildman–Crippen MR) is 85.8 cm³/mol. The van der Waals surface area contributed by atoms with Gasteiger partial charge in [-0.05, 0) is 37.0 Å². The van der Waals surface area contributed by atoms with Crippen LogP contribution in [-0.4, -0.2) is 25.7 Å². The van der Waals surface area contributed by atoms with Crippen molar-refractivity contribution < 1.29 is 9.53 Å². The third-order valence-corrected chi connectivity index (χ3v) is 3.47. The second-order valence-corrected chi connectivity index (χ2v) is 5.76. The lowest BCUT2D eigenvalue weighted by Crippen LogP contribution is -2.28. The van der Waals surface area contributed by atoms with Crippen molar-refractivity contribution in [2.75, 3.05) is 19.8 Å². The molecule has 0 aliphatic rings. The normalized spacial score (nSPS) is 10.5. The van der Waals surface area contributed by atoms with Crippen LogP contribution < -0.4 is 5.32 Å². The van der Waals surface area contributed by atoms with Gasteiger partial charge in [0.1, 0.15) is 6.61 Å². The van der Waals surface area contributed by atoms with Gasteiger partial charge in [0.25, 0.3) is 0 Å². The summed E-state index contributed by atoms with van der Waals surface area (Å²) in [6.45, 7) is 3.71. The summed E-state index contributed by atoms with van der Waals surface area (Å²) in [6, 6.07) is 8.26. The molecule has 1 aromatic carbocycles. The van der Waals surface area contributed by atoms with Crippen LogP contribution in [0.4, 0.5) is 0 Å². The van der Waals surface area contributed by atoms with E-state index in [1.807, 2.05) is 12.1 Å². The molecule has 0 aliphatic heterocycles. The lowest BCUT2D eigenvalue weighted by atomic mass is 10.1. The van der Waals surface area contributed by atoms with Crippen LogP contribution in [0.15, 0.2) is 28.7 Å². The highest BCUT2D eigenvalue weighted by Gasteiger charge is 2.01. The van der Waals surface area contributed by atoms with Crippen molar-refractivity contribution >= 4 is 21.8 Å². The van der Waals surface area contributed by atoms with E-state index >= 15 is 0 Å². The molecular formula is C16H24BrNO2. The third kappa shape index (κ3) is 8.33. The van der Waals surface area contributed by atoms with Crippen LogP contribution >= 0.6 is 15.9 Å². The Morgan fingerprint density at radius 3 is 2.90 bits per heavy atom. The van der Waals surface area contributed by atoms with E-state index < -0.39 is 0 Å². The minimum Gasteiger partial charge on any atom is -0.372 e. The summed E-state index contributed by atoms with van der Waals surface area (Å²) >= 11 is 3.45. The first-order valence-corrected chi connectivity index (χ1v) is 8.10. The molecule has 0 bridgehead atoms. The lowest BCUT2D eigenvalue weighted by molar-refractivity contribution is -0.125. The van der Waals surface area contributed by atoms with E-state index in [0.717, 1.165) is 30.2 Å². The van der Waals surface area contributed by atoms with E-state index in [4.69, 9.17) is 4.74 Å². The summed E-state index contributed by atoms with van der Waals surface area (Å²) in [7, 11) is 0. The third-order valence-electron chi connectivity index (χ3n) is 2.98. The van der Waals surface area contributed by atoms with Gasteiger partial charge in [-0.2, -0.15) is 0 Å². The van der Waals surface area contributed by atoms with Gasteiger partial charge in [0.2, 0.25) is 5.91 Å². The number of carbonyl (C=O) groups excluding carboxylic acids is 1. The Bertz CT molecular complexity index is 396. The average molecular weight is 342 g/mol. The first kappa shape index (κ1) is 17.2. The first-order chi connectivity index (χ1) is 9.72. The molecule has 0 spiro atoms. The molecular weight excluding hydrogens is 318 g/mol. The number of amides is 1. The molecule has 3 nitrogen and oxygen atoms in total. The molecule has 20 heavy (non-hydrogen) atoms. The molecule has 0 aliphatic carbocycles. The van der Waals surface area contributed by atoms with Crippen molar-refractivity contribution in [3.05, 3.63) is 34.3 Å². The maximum atomic E-state index is 11.5. The van der Waals surface area contributed by atoms with E-state index in [9.17, 15) is 4.79 Å². The molecule has 0 unspecified atom stereocenters. The number of benzene rings is 1. The van der Waals surface area contributed by atoms with E-state index in [-0.39, 0.29) is 12.5 Å². The van der Waals surface area contributed by atoms with Crippen molar-refractivity contribution in [2.45, 2.75) is 39.0 Å². The van der Waals surface area contributed by atoms with Gasteiger partial charge in [0.05, 0.1) is 0 Å². The van der Waals surface area contributed by atoms with Crippen LogP contribution in [0.5, 0.6) is 0 Å². The number of aryl methyl sites for hydroxylation is 1. The van der Waals surface area contributed by atoms with Crippen molar-refractivity contribution in [3.63, 3.8) is 0 Å². The van der Waals surface area contributed by atoms with Gasteiger partial charge in [0, 0.05) is 17.6 Å². The molecule has 0 saturated heterocycles. The van der Waals surface area contributed by atoms with Crippen molar-refractivity contribution in [1.82, 2.24) is 5.32 Å². The minimum atomic E-state index is -0.0178. The van der Waals surface area contributed by atoms with Gasteiger partial charge >= 0.3 is 0 Å². The highest BCUT2D eigenvalue weighted by Crippen LogP contribution is 2.12. The summed E-state index contributed by atoms with van der Waals surface area (Å²) in [5.41, 5.74) is 1.28. The molecule has 0 radical (unpaired) electrons. The van der Waals surface area contributed by atoms with Gasteiger partial charge in [-0.25, -0.2) is 0 Å². The van der Waals surface area contributed by atoms with Crippen LogP contribution in [0, 0.1) is 0 Å². The van der Waals surface area contributed by atoms with Gasteiger partial charge in [-0.1, -0.05) is 47.8 Å². The smallest absolute Gasteiger partial charge is 0.245 e. The molecule has 1 aromatic rings. The Morgan fingerprint density at radius 1 is 1.30 bits per heavy atom. The minimum absolute atomic E-state index is 0.0178. The van der Waals surface area contributed by atoms with Gasteiger partial charge in [-0.3, -0.25) is 4.79 Å². The Morgan fingerprint density at radius 2 is 2.15 bits per heavy atom. The largest absolute Gasteiger partial charge is 0.372 e. The summed E-state index contributed by atoms with van der Waals surface area (Å²) in [4.78, 5) is 11.5. The summed E-state index contributed by atoms with van der Waals surface area (Å²) in [5, 5.41) is 2.88. The van der Waals surface area contributed by atoms with Crippen molar-refractivity contribution in [2.24, 2.45) is 0 Å². The molecule has 0 aromatic heterocycles. The Labute approximate surface area is 130 Å². The topological polar surface area (TPSA) is 38.3 Å². The second kappa shape index (κ2) is 10.9. The molecule has 1 amide bonds. The van der Waals surface area contributed by atoms with E-state index in [0.29, 0.717) is 13.2 Å². The summed E-state index contributed by atoms with van der Waals surface area (Å²) in [5.74, 6) is -0.0178. The fraction of sp³-hybridized carbons (Fsp3) is 0.562. The fourth-order valence-corrected chi connectivity index (χ4v) is 2.33. The van der Waals surface area contributed by atoms with E-state index in [1.165, 1.54) is 12.0 Å². The number of nitrogens with one attached hydrogen (secondary N) is 1. The Hall–Kier alpha value is -0.870. The standard InChI is InChI=1S/C16H24BrNO2/c1-2-3-4-11-20-13-16(19)18-10-6-8-14-7-5-9-15(17)12-14/h5,7,9,12H,2-4,6,8,10-11,13H2,1H3,(H,18,19). The molecule has 1 N–H and O–H groups in total. The zero-order valence-corrected chi connectivity index (χ0v) is 13.7. The summed E-state index contributed by atoms with van der Waals surface area (Å²) in [6.07, 6.45) is 5.28. The highest BCUT2D eigenvalue weighted by molar-refractivity contribution is 9.10. The maximum Gasteiger partial charge on any atom is 0.245 e. The van der Waals surface area contributed by atoms with Crippen LogP contribution in [-0.2, 0) is 16.0 Å². The Balaban J connectivity index is 2.02. The fourth-order valence-electron chi connectivity index (χ4n) is 1.88. The number of unbranched alkanes of at least 4 members (excludes halogenated alkanes) is 2. The lowest BCUT2D eigenvalue weighted by Gasteiger charge is -2.06. The monoisotopic (exact) mass is 341 g/mol. The zero-order valence-electron chi connectivity index (χ0n) is 12.2. The number of halogens is 1. The Kier molecular flexibility index (Phi) is 9.33. The molecule has 0 atom stereocenters. The van der Waals surface area contributed by atoms with Gasteiger partial charge in [0.15, 0.2) is 0 Å². The van der Waals surface area contributed by atoms with Crippen LogP contribution in [0.2, 0.25) is 0 Å². The van der Waals surface area contributed by atoms with Gasteiger partial charge in [-0.15, -0.1) is 0 Å². The number of ether oxygens (including phenoxy) is 1. The van der Waals surface area contributed by atoms with E-state index in [2.05, 4.69) is 40.3 Å². The van der Waals surface area contributed by atoms with Crippen LogP contribution in [0.1, 0.15) is 38.2 Å². The first-order valence-electron chi connectivity index (χ1n) is 7.31. The highest BCUT2D eigenvalue weighted by atomic mass is 79.9. The molecule has 0 fully saturated rings. The van der Waals surface area contributed by atoms with Crippen molar-refractivity contribution in [1.29, 1.82) is 0 Å². The van der Waals surface area contributed by atoms with Crippen LogP contribution in [0.3, 0.4) is 0 Å². The zero-order chi connectivity index (χ0) is 14.6. The summed E-state index contributed by atoms with van der Waals surface area (Å²) < 4.78 is 6.41. The number of hydrogen-bond donors (Lipinski definition) is 1. The quantitative estimate of drug-likeness (QED) is 0.659. The SMILES string of the molecule is CCCCCOCC(=O)NCCCc1cccc(Br)c1. The van der Waals surface area contributed by atoms with E-state index in [1.54, 1.807) is 0 Å². The second-order valence-electron chi connectivity index (χ2n) is 4.84. The number of carbonyl (C=O) groups is 1.